The molecule has 0 saturated carbocycles. The molecule has 1 aliphatic rings. The van der Waals surface area contributed by atoms with E-state index in [0.717, 1.165) is 24.3 Å². The molecule has 0 atom stereocenters. The summed E-state index contributed by atoms with van der Waals surface area (Å²) in [5.74, 6) is 0.331. The van der Waals surface area contributed by atoms with Crippen LogP contribution in [0.3, 0.4) is 0 Å². The third-order valence-electron chi connectivity index (χ3n) is 3.65. The van der Waals surface area contributed by atoms with E-state index in [4.69, 9.17) is 0 Å². The lowest BCUT2D eigenvalue weighted by molar-refractivity contribution is 0.102. The molecule has 108 valence electrons. The normalized spacial score (nSPS) is 14.2. The topological polar surface area (TPSA) is 58.1 Å². The molecule has 3 rings (SSSR count). The zero-order chi connectivity index (χ0) is 14.7. The largest absolute Gasteiger partial charge is 0.371 e. The van der Waals surface area contributed by atoms with Crippen LogP contribution >= 0.6 is 0 Å². The van der Waals surface area contributed by atoms with Crippen molar-refractivity contribution in [3.63, 3.8) is 0 Å². The third-order valence-corrected chi connectivity index (χ3v) is 3.65. The number of hydrogen-bond acceptors (Lipinski definition) is 4. The standard InChI is InChI=1S/C16H18N4O/c1-12-4-5-14(20-8-2-3-9-20)13(10-12)16(21)19-15-11-17-6-7-18-15/h4-7,10-11H,2-3,8-9H2,1H3,(H,18,19,21). The van der Waals surface area contributed by atoms with Crippen molar-refractivity contribution in [1.82, 2.24) is 9.97 Å². The van der Waals surface area contributed by atoms with Gasteiger partial charge in [-0.25, -0.2) is 4.98 Å². The van der Waals surface area contributed by atoms with Crippen LogP contribution in [0.5, 0.6) is 0 Å². The van der Waals surface area contributed by atoms with Crippen LogP contribution in [0.15, 0.2) is 36.8 Å². The Morgan fingerprint density at radius 1 is 1.24 bits per heavy atom. The number of amides is 1. The van der Waals surface area contributed by atoms with Crippen LogP contribution in [0.4, 0.5) is 11.5 Å². The second-order valence-corrected chi connectivity index (χ2v) is 5.26. The lowest BCUT2D eigenvalue weighted by Gasteiger charge is -2.21. The van der Waals surface area contributed by atoms with Crippen molar-refractivity contribution in [3.05, 3.63) is 47.9 Å². The van der Waals surface area contributed by atoms with E-state index >= 15 is 0 Å². The number of carbonyl (C=O) groups excluding carboxylic acids is 1. The van der Waals surface area contributed by atoms with E-state index in [1.807, 2.05) is 25.1 Å². The summed E-state index contributed by atoms with van der Waals surface area (Å²) in [7, 11) is 0. The zero-order valence-corrected chi connectivity index (χ0v) is 12.0. The van der Waals surface area contributed by atoms with Crippen LogP contribution in [0.25, 0.3) is 0 Å². The predicted octanol–water partition coefficient (Wildman–Crippen LogP) is 2.64. The zero-order valence-electron chi connectivity index (χ0n) is 12.0. The van der Waals surface area contributed by atoms with E-state index in [-0.39, 0.29) is 5.91 Å². The van der Waals surface area contributed by atoms with Gasteiger partial charge in [-0.3, -0.25) is 9.78 Å². The lowest BCUT2D eigenvalue weighted by atomic mass is 10.1. The Hall–Kier alpha value is -2.43. The molecule has 1 aromatic heterocycles. The van der Waals surface area contributed by atoms with Crippen LogP contribution < -0.4 is 10.2 Å². The molecule has 2 heterocycles. The summed E-state index contributed by atoms with van der Waals surface area (Å²) < 4.78 is 0. The van der Waals surface area contributed by atoms with Crippen LogP contribution in [-0.4, -0.2) is 29.0 Å². The van der Waals surface area contributed by atoms with Crippen molar-refractivity contribution in [2.45, 2.75) is 19.8 Å². The van der Waals surface area contributed by atoms with Gasteiger partial charge in [-0.05, 0) is 31.9 Å². The number of nitrogens with one attached hydrogen (secondary N) is 1. The molecule has 5 heteroatoms. The Kier molecular flexibility index (Phi) is 3.81. The van der Waals surface area contributed by atoms with Crippen LogP contribution in [0, 0.1) is 6.92 Å². The van der Waals surface area contributed by atoms with Gasteiger partial charge in [-0.15, -0.1) is 0 Å². The number of hydrogen-bond donors (Lipinski definition) is 1. The van der Waals surface area contributed by atoms with Gasteiger partial charge in [-0.1, -0.05) is 11.6 Å². The Balaban J connectivity index is 1.89. The number of nitrogens with zero attached hydrogens (tertiary/aromatic N) is 3. The fourth-order valence-corrected chi connectivity index (χ4v) is 2.61. The molecule has 1 fully saturated rings. The average Bonchev–Trinajstić information content (AvgIpc) is 3.02. The summed E-state index contributed by atoms with van der Waals surface area (Å²) in [4.78, 5) is 22.9. The van der Waals surface area contributed by atoms with Crippen molar-refractivity contribution in [2.75, 3.05) is 23.3 Å². The van der Waals surface area contributed by atoms with Crippen molar-refractivity contribution in [2.24, 2.45) is 0 Å². The van der Waals surface area contributed by atoms with Gasteiger partial charge < -0.3 is 10.2 Å². The molecule has 1 amide bonds. The maximum absolute atomic E-state index is 12.5. The summed E-state index contributed by atoms with van der Waals surface area (Å²) in [6.45, 7) is 4.01. The van der Waals surface area contributed by atoms with E-state index in [9.17, 15) is 4.79 Å². The molecule has 1 saturated heterocycles. The van der Waals surface area contributed by atoms with Crippen molar-refractivity contribution in [1.29, 1.82) is 0 Å². The SMILES string of the molecule is Cc1ccc(N2CCCC2)c(C(=O)Nc2cnccn2)c1. The Morgan fingerprint density at radius 2 is 2.05 bits per heavy atom. The number of rotatable bonds is 3. The maximum atomic E-state index is 12.5. The summed E-state index contributed by atoms with van der Waals surface area (Å²) in [5, 5.41) is 2.81. The van der Waals surface area contributed by atoms with E-state index in [0.29, 0.717) is 11.4 Å². The highest BCUT2D eigenvalue weighted by molar-refractivity contribution is 6.07. The monoisotopic (exact) mass is 282 g/mol. The van der Waals surface area contributed by atoms with Gasteiger partial charge in [0.1, 0.15) is 0 Å². The van der Waals surface area contributed by atoms with Crippen molar-refractivity contribution < 1.29 is 4.79 Å². The van der Waals surface area contributed by atoms with Gasteiger partial charge in [0.25, 0.3) is 5.91 Å². The third kappa shape index (κ3) is 3.02. The molecule has 0 radical (unpaired) electrons. The lowest BCUT2D eigenvalue weighted by Crippen LogP contribution is -2.23. The summed E-state index contributed by atoms with van der Waals surface area (Å²) in [6, 6.07) is 6.01. The quantitative estimate of drug-likeness (QED) is 0.940. The highest BCUT2D eigenvalue weighted by Crippen LogP contribution is 2.26. The minimum atomic E-state index is -0.138. The van der Waals surface area contributed by atoms with Crippen molar-refractivity contribution >= 4 is 17.4 Å². The molecule has 21 heavy (non-hydrogen) atoms. The maximum Gasteiger partial charge on any atom is 0.258 e. The summed E-state index contributed by atoms with van der Waals surface area (Å²) in [5.41, 5.74) is 2.77. The van der Waals surface area contributed by atoms with Crippen LogP contribution in [0.1, 0.15) is 28.8 Å². The summed E-state index contributed by atoms with van der Waals surface area (Å²) >= 11 is 0. The van der Waals surface area contributed by atoms with E-state index in [1.54, 1.807) is 18.6 Å². The molecule has 1 N–H and O–H groups in total. The van der Waals surface area contributed by atoms with Crippen molar-refractivity contribution in [3.8, 4) is 0 Å². The fraction of sp³-hybridized carbons (Fsp3) is 0.312. The van der Waals surface area contributed by atoms with E-state index in [2.05, 4.69) is 20.2 Å². The molecule has 2 aromatic rings. The molecule has 1 aliphatic heterocycles. The minimum absolute atomic E-state index is 0.138. The minimum Gasteiger partial charge on any atom is -0.371 e. The second-order valence-electron chi connectivity index (χ2n) is 5.26. The van der Waals surface area contributed by atoms with E-state index in [1.165, 1.54) is 12.8 Å². The Morgan fingerprint density at radius 3 is 2.76 bits per heavy atom. The molecule has 1 aromatic carbocycles. The number of benzene rings is 1. The molecule has 0 spiro atoms. The molecule has 0 bridgehead atoms. The fourth-order valence-electron chi connectivity index (χ4n) is 2.61. The Labute approximate surface area is 124 Å². The number of anilines is 2. The van der Waals surface area contributed by atoms with Crippen LogP contribution in [0.2, 0.25) is 0 Å². The second kappa shape index (κ2) is 5.91. The van der Waals surface area contributed by atoms with Gasteiger partial charge in [0.05, 0.1) is 11.8 Å². The smallest absolute Gasteiger partial charge is 0.258 e. The highest BCUT2D eigenvalue weighted by atomic mass is 16.1. The van der Waals surface area contributed by atoms with E-state index < -0.39 is 0 Å². The van der Waals surface area contributed by atoms with Gasteiger partial charge in [0.15, 0.2) is 5.82 Å². The molecular formula is C16H18N4O. The van der Waals surface area contributed by atoms with Gasteiger partial charge in [0.2, 0.25) is 0 Å². The number of carbonyl (C=O) groups is 1. The first-order valence-corrected chi connectivity index (χ1v) is 7.17. The first-order chi connectivity index (χ1) is 10.2. The number of aryl methyl sites for hydroxylation is 1. The first-order valence-electron chi connectivity index (χ1n) is 7.17. The highest BCUT2D eigenvalue weighted by Gasteiger charge is 2.19. The molecule has 5 nitrogen and oxygen atoms in total. The first kappa shape index (κ1) is 13.5. The Bertz CT molecular complexity index is 636. The predicted molar refractivity (Wildman–Crippen MR) is 82.6 cm³/mol. The molecule has 0 aliphatic carbocycles. The van der Waals surface area contributed by atoms with Gasteiger partial charge in [-0.2, -0.15) is 0 Å². The average molecular weight is 282 g/mol. The molecular weight excluding hydrogens is 264 g/mol. The van der Waals surface area contributed by atoms with Crippen LogP contribution in [-0.2, 0) is 0 Å². The van der Waals surface area contributed by atoms with Gasteiger partial charge >= 0.3 is 0 Å². The molecule has 0 unspecified atom stereocenters. The number of aromatic nitrogens is 2. The van der Waals surface area contributed by atoms with Gasteiger partial charge in [0, 0.05) is 31.2 Å². The summed E-state index contributed by atoms with van der Waals surface area (Å²) in [6.07, 6.45) is 7.05.